The molecule has 194 valence electrons. The first-order chi connectivity index (χ1) is 18.4. The number of nitrogens with zero attached hydrogens (tertiary/aromatic N) is 3. The zero-order valence-electron chi connectivity index (χ0n) is 20.9. The van der Waals surface area contributed by atoms with E-state index in [1.165, 1.54) is 0 Å². The normalized spacial score (nSPS) is 18.4. The molecule has 1 saturated heterocycles. The van der Waals surface area contributed by atoms with Crippen LogP contribution in [0, 0.1) is 0 Å². The highest BCUT2D eigenvalue weighted by molar-refractivity contribution is 6.02. The number of hydrogen-bond donors (Lipinski definition) is 1. The number of rotatable bonds is 4. The van der Waals surface area contributed by atoms with Gasteiger partial charge in [0.15, 0.2) is 11.6 Å². The van der Waals surface area contributed by atoms with Gasteiger partial charge < -0.3 is 18.9 Å². The zero-order chi connectivity index (χ0) is 26.0. The first kappa shape index (κ1) is 22.8. The maximum atomic E-state index is 13.6. The molecule has 1 spiro atoms. The summed E-state index contributed by atoms with van der Waals surface area (Å²) in [5, 5.41) is 4.71. The fraction of sp³-hybridized carbons (Fsp3) is 0.357. The van der Waals surface area contributed by atoms with E-state index in [1.54, 1.807) is 25.3 Å². The van der Waals surface area contributed by atoms with E-state index in [2.05, 4.69) is 31.5 Å². The summed E-state index contributed by atoms with van der Waals surface area (Å²) in [6, 6.07) is 11.5. The number of amides is 1. The number of aromatic nitrogens is 3. The van der Waals surface area contributed by atoms with Crippen LogP contribution in [0.1, 0.15) is 58.9 Å². The number of aromatic amines is 1. The van der Waals surface area contributed by atoms with Crippen molar-refractivity contribution in [2.45, 2.75) is 43.7 Å². The van der Waals surface area contributed by atoms with Gasteiger partial charge in [0.1, 0.15) is 17.1 Å². The third kappa shape index (κ3) is 3.70. The van der Waals surface area contributed by atoms with Crippen LogP contribution >= 0.6 is 0 Å². The molecular weight excluding hydrogens is 488 g/mol. The third-order valence-electron chi connectivity index (χ3n) is 7.97. The summed E-state index contributed by atoms with van der Waals surface area (Å²) in [4.78, 5) is 42.3. The molecular formula is C28H26N4O6. The second-order valence-corrected chi connectivity index (χ2v) is 10.4. The Morgan fingerprint density at radius 1 is 1.13 bits per heavy atom. The van der Waals surface area contributed by atoms with Gasteiger partial charge in [0.05, 0.1) is 24.6 Å². The monoisotopic (exact) mass is 514 g/mol. The lowest BCUT2D eigenvalue weighted by Crippen LogP contribution is -2.52. The number of piperidine rings is 1. The smallest absolute Gasteiger partial charge is 0.439 e. The lowest BCUT2D eigenvalue weighted by Gasteiger charge is -2.44. The van der Waals surface area contributed by atoms with Gasteiger partial charge in [-0.1, -0.05) is 5.16 Å². The SMILES string of the molecule is COc1cc(C(=O)N2CCC3(CC2)CC(=O)c2cc(-c4noc(=O)[nH]4)ccc2O3)cc2c1ccn2C1CC1. The molecule has 2 aromatic carbocycles. The molecule has 1 N–H and O–H groups in total. The Morgan fingerprint density at radius 2 is 1.95 bits per heavy atom. The van der Waals surface area contributed by atoms with Gasteiger partial charge in [-0.2, -0.15) is 0 Å². The van der Waals surface area contributed by atoms with Gasteiger partial charge in [-0.15, -0.1) is 0 Å². The van der Waals surface area contributed by atoms with Crippen LogP contribution in [0.15, 0.2) is 51.9 Å². The lowest BCUT2D eigenvalue weighted by atomic mass is 9.82. The molecule has 10 nitrogen and oxygen atoms in total. The molecule has 2 aromatic heterocycles. The standard InChI is InChI=1S/C28H26N4O6/c1-36-24-14-17(13-21-19(24)6-9-32(21)18-3-4-18)26(34)31-10-7-28(8-11-31)15-22(33)20-12-16(2-5-23(20)37-28)25-29-27(35)38-30-25/h2,5-6,9,12-14,18H,3-4,7-8,10-11,15H2,1H3,(H,29,30,35). The van der Waals surface area contributed by atoms with Crippen molar-refractivity contribution >= 4 is 22.6 Å². The number of ketones is 1. The minimum absolute atomic E-state index is 0.0326. The van der Waals surface area contributed by atoms with Gasteiger partial charge in [-0.3, -0.25) is 19.1 Å². The summed E-state index contributed by atoms with van der Waals surface area (Å²) in [5.41, 5.74) is 2.01. The minimum Gasteiger partial charge on any atom is -0.496 e. The summed E-state index contributed by atoms with van der Waals surface area (Å²) >= 11 is 0. The molecule has 38 heavy (non-hydrogen) atoms. The van der Waals surface area contributed by atoms with Gasteiger partial charge in [-0.25, -0.2) is 4.79 Å². The number of hydrogen-bond acceptors (Lipinski definition) is 7. The highest BCUT2D eigenvalue weighted by atomic mass is 16.5. The molecule has 1 saturated carbocycles. The number of benzene rings is 2. The number of fused-ring (bicyclic) bond motifs is 2. The minimum atomic E-state index is -0.657. The molecule has 0 radical (unpaired) electrons. The average molecular weight is 515 g/mol. The number of carbonyl (C=O) groups excluding carboxylic acids is 2. The molecule has 1 amide bonds. The number of ether oxygens (including phenoxy) is 2. The van der Waals surface area contributed by atoms with Gasteiger partial charge in [0.2, 0.25) is 0 Å². The summed E-state index contributed by atoms with van der Waals surface area (Å²) in [7, 11) is 1.63. The van der Waals surface area contributed by atoms with Crippen LogP contribution in [0.4, 0.5) is 0 Å². The van der Waals surface area contributed by atoms with Crippen molar-refractivity contribution < 1.29 is 23.6 Å². The highest BCUT2D eigenvalue weighted by Gasteiger charge is 2.44. The Bertz CT molecular complexity index is 1650. The second-order valence-electron chi connectivity index (χ2n) is 10.4. The maximum Gasteiger partial charge on any atom is 0.439 e. The predicted molar refractivity (Wildman–Crippen MR) is 137 cm³/mol. The van der Waals surface area contributed by atoms with Crippen LogP contribution in [-0.4, -0.2) is 57.1 Å². The van der Waals surface area contributed by atoms with Crippen LogP contribution in [-0.2, 0) is 0 Å². The zero-order valence-corrected chi connectivity index (χ0v) is 20.9. The molecule has 2 aliphatic heterocycles. The second kappa shape index (κ2) is 8.34. The van der Waals surface area contributed by atoms with Crippen molar-refractivity contribution in [2.75, 3.05) is 20.2 Å². The van der Waals surface area contributed by atoms with Crippen molar-refractivity contribution in [1.82, 2.24) is 19.6 Å². The molecule has 10 heteroatoms. The highest BCUT2D eigenvalue weighted by Crippen LogP contribution is 2.42. The quantitative estimate of drug-likeness (QED) is 0.438. The summed E-state index contributed by atoms with van der Waals surface area (Å²) in [6.07, 6.45) is 5.73. The molecule has 0 atom stereocenters. The van der Waals surface area contributed by atoms with E-state index in [-0.39, 0.29) is 23.9 Å². The maximum absolute atomic E-state index is 13.6. The molecule has 4 aromatic rings. The van der Waals surface area contributed by atoms with E-state index in [9.17, 15) is 14.4 Å². The van der Waals surface area contributed by atoms with Crippen molar-refractivity contribution in [3.63, 3.8) is 0 Å². The Labute approximate surface area is 217 Å². The molecule has 0 unspecified atom stereocenters. The Morgan fingerprint density at radius 3 is 2.66 bits per heavy atom. The molecule has 4 heterocycles. The Hall–Kier alpha value is -4.34. The molecule has 2 fully saturated rings. The summed E-state index contributed by atoms with van der Waals surface area (Å²) < 4.78 is 18.8. The molecule has 0 bridgehead atoms. The van der Waals surface area contributed by atoms with E-state index >= 15 is 0 Å². The molecule has 7 rings (SSSR count). The number of Topliss-reactive ketones (excluding diaryl/α,β-unsaturated/α-hetero) is 1. The van der Waals surface area contributed by atoms with Crippen molar-refractivity contribution in [3.8, 4) is 22.9 Å². The largest absolute Gasteiger partial charge is 0.496 e. The van der Waals surface area contributed by atoms with Crippen LogP contribution in [0.3, 0.4) is 0 Å². The van der Waals surface area contributed by atoms with Gasteiger partial charge >= 0.3 is 5.76 Å². The first-order valence-electron chi connectivity index (χ1n) is 12.8. The number of nitrogens with one attached hydrogen (secondary N) is 1. The van der Waals surface area contributed by atoms with Crippen molar-refractivity contribution in [3.05, 3.63) is 64.3 Å². The Balaban J connectivity index is 1.10. The summed E-state index contributed by atoms with van der Waals surface area (Å²) in [5.74, 6) is 0.733. The fourth-order valence-electron chi connectivity index (χ4n) is 5.77. The van der Waals surface area contributed by atoms with E-state index in [1.807, 2.05) is 17.0 Å². The molecule has 1 aliphatic carbocycles. The van der Waals surface area contributed by atoms with Gasteiger partial charge in [-0.05, 0) is 49.2 Å². The topological polar surface area (TPSA) is 120 Å². The van der Waals surface area contributed by atoms with Crippen molar-refractivity contribution in [2.24, 2.45) is 0 Å². The van der Waals surface area contributed by atoms with E-state index < -0.39 is 11.4 Å². The average Bonchev–Trinajstić information content (AvgIpc) is 3.53. The van der Waals surface area contributed by atoms with Crippen LogP contribution in [0.5, 0.6) is 11.5 Å². The van der Waals surface area contributed by atoms with Gasteiger partial charge in [0.25, 0.3) is 5.91 Å². The van der Waals surface area contributed by atoms with Crippen LogP contribution in [0.25, 0.3) is 22.3 Å². The summed E-state index contributed by atoms with van der Waals surface area (Å²) in [6.45, 7) is 0.980. The number of carbonyl (C=O) groups is 2. The molecule has 3 aliphatic rings. The van der Waals surface area contributed by atoms with Crippen molar-refractivity contribution in [1.29, 1.82) is 0 Å². The van der Waals surface area contributed by atoms with Gasteiger partial charge in [0, 0.05) is 54.7 Å². The van der Waals surface area contributed by atoms with E-state index in [4.69, 9.17) is 9.47 Å². The van der Waals surface area contributed by atoms with E-state index in [0.29, 0.717) is 60.2 Å². The number of H-pyrrole nitrogens is 1. The number of methoxy groups -OCH3 is 1. The first-order valence-corrected chi connectivity index (χ1v) is 12.8. The Kier molecular flexibility index (Phi) is 5.01. The van der Waals surface area contributed by atoms with Crippen LogP contribution in [0.2, 0.25) is 0 Å². The fourth-order valence-corrected chi connectivity index (χ4v) is 5.77. The third-order valence-corrected chi connectivity index (χ3v) is 7.97. The van der Waals surface area contributed by atoms with E-state index in [0.717, 1.165) is 23.7 Å². The van der Waals surface area contributed by atoms with Crippen LogP contribution < -0.4 is 15.2 Å². The lowest BCUT2D eigenvalue weighted by molar-refractivity contribution is -0.00570. The predicted octanol–water partition coefficient (Wildman–Crippen LogP) is 3.97. The number of likely N-dealkylation sites (tertiary alicyclic amines) is 1.